The number of fused-ring (bicyclic) bond motifs is 1. The normalized spacial score (nSPS) is 28.8. The third-order valence-corrected chi connectivity index (χ3v) is 7.79. The Balaban J connectivity index is 1.23. The van der Waals surface area contributed by atoms with Crippen LogP contribution in [0.2, 0.25) is 0 Å². The Morgan fingerprint density at radius 3 is 2.91 bits per heavy atom. The van der Waals surface area contributed by atoms with Crippen LogP contribution in [0, 0.1) is 11.3 Å². The van der Waals surface area contributed by atoms with Crippen molar-refractivity contribution in [2.75, 3.05) is 39.4 Å². The molecule has 2 aromatic rings. The van der Waals surface area contributed by atoms with E-state index in [1.54, 1.807) is 0 Å². The number of amides is 1. The number of rotatable bonds is 6. The van der Waals surface area contributed by atoms with Gasteiger partial charge < -0.3 is 19.9 Å². The highest BCUT2D eigenvalue weighted by atomic mass is 16.5. The second-order valence-electron chi connectivity index (χ2n) is 9.53. The molecule has 3 heterocycles. The molecule has 3 atom stereocenters. The van der Waals surface area contributed by atoms with Crippen LogP contribution in [-0.2, 0) is 22.6 Å². The van der Waals surface area contributed by atoms with E-state index in [2.05, 4.69) is 49.4 Å². The molecule has 0 bridgehead atoms. The molecular formula is C25H35N5O2. The van der Waals surface area contributed by atoms with Crippen LogP contribution in [0.4, 0.5) is 0 Å². The van der Waals surface area contributed by atoms with Crippen molar-refractivity contribution in [2.45, 2.75) is 44.8 Å². The molecule has 7 nitrogen and oxygen atoms in total. The molecule has 1 amide bonds. The van der Waals surface area contributed by atoms with Gasteiger partial charge in [0.05, 0.1) is 25.2 Å². The standard InChI is InChI=1S/C25H35N5O2/c31-24(28-17-23-27-10-11-30(23)18-20-4-2-1-3-5-20)25-8-6-22(29-12-14-32-15-13-29)16-21(25)7-9-26-19-25/h1-5,10-11,21-22,26H,6-9,12-19H2,(H,28,31)/t21-,22-,25-/m1/s1. The molecule has 2 N–H and O–H groups in total. The van der Waals surface area contributed by atoms with Gasteiger partial charge in [-0.25, -0.2) is 4.98 Å². The summed E-state index contributed by atoms with van der Waals surface area (Å²) in [5.74, 6) is 1.54. The summed E-state index contributed by atoms with van der Waals surface area (Å²) < 4.78 is 7.67. The van der Waals surface area contributed by atoms with Crippen molar-refractivity contribution in [3.63, 3.8) is 0 Å². The number of piperidine rings is 1. The van der Waals surface area contributed by atoms with Gasteiger partial charge in [-0.1, -0.05) is 30.3 Å². The molecule has 172 valence electrons. The number of imidazole rings is 1. The maximum atomic E-state index is 13.6. The SMILES string of the molecule is O=C(NCc1nccn1Cc1ccccc1)[C@@]12CC[C@@H](N3CCOCC3)C[C@H]1CCNC2. The highest BCUT2D eigenvalue weighted by Gasteiger charge is 2.50. The number of aromatic nitrogens is 2. The molecule has 1 saturated carbocycles. The number of benzene rings is 1. The quantitative estimate of drug-likeness (QED) is 0.724. The van der Waals surface area contributed by atoms with Crippen molar-refractivity contribution in [2.24, 2.45) is 11.3 Å². The summed E-state index contributed by atoms with van der Waals surface area (Å²) in [6, 6.07) is 11.0. The number of nitrogens with one attached hydrogen (secondary N) is 2. The lowest BCUT2D eigenvalue weighted by atomic mass is 9.61. The Hall–Kier alpha value is -2.22. The average molecular weight is 438 g/mol. The van der Waals surface area contributed by atoms with Gasteiger partial charge in [-0.2, -0.15) is 0 Å². The number of carbonyl (C=O) groups excluding carboxylic acids is 1. The first-order valence-electron chi connectivity index (χ1n) is 12.1. The predicted molar refractivity (Wildman–Crippen MR) is 123 cm³/mol. The highest BCUT2D eigenvalue weighted by Crippen LogP contribution is 2.46. The topological polar surface area (TPSA) is 71.4 Å². The van der Waals surface area contributed by atoms with Crippen molar-refractivity contribution in [1.29, 1.82) is 0 Å². The molecule has 0 unspecified atom stereocenters. The van der Waals surface area contributed by atoms with E-state index in [0.29, 0.717) is 18.5 Å². The molecule has 32 heavy (non-hydrogen) atoms. The van der Waals surface area contributed by atoms with Gasteiger partial charge in [0.15, 0.2) is 0 Å². The Morgan fingerprint density at radius 2 is 2.06 bits per heavy atom. The zero-order valence-electron chi connectivity index (χ0n) is 18.8. The van der Waals surface area contributed by atoms with Crippen LogP contribution in [0.15, 0.2) is 42.7 Å². The van der Waals surface area contributed by atoms with Crippen LogP contribution in [0.3, 0.4) is 0 Å². The first-order valence-corrected chi connectivity index (χ1v) is 12.1. The van der Waals surface area contributed by atoms with Gasteiger partial charge in [-0.15, -0.1) is 0 Å². The molecule has 1 aromatic carbocycles. The van der Waals surface area contributed by atoms with Crippen LogP contribution in [0.5, 0.6) is 0 Å². The molecule has 3 fully saturated rings. The lowest BCUT2D eigenvalue weighted by Crippen LogP contribution is -2.60. The maximum absolute atomic E-state index is 13.6. The highest BCUT2D eigenvalue weighted by molar-refractivity contribution is 5.83. The summed E-state index contributed by atoms with van der Waals surface area (Å²) in [5, 5.41) is 6.79. The van der Waals surface area contributed by atoms with Crippen LogP contribution in [0.1, 0.15) is 37.1 Å². The first kappa shape index (κ1) is 21.6. The molecule has 7 heteroatoms. The number of ether oxygens (including phenoxy) is 1. The number of carbonyl (C=O) groups is 1. The summed E-state index contributed by atoms with van der Waals surface area (Å²) in [6.07, 6.45) is 8.06. The van der Waals surface area contributed by atoms with E-state index in [1.165, 1.54) is 5.56 Å². The van der Waals surface area contributed by atoms with Gasteiger partial charge >= 0.3 is 0 Å². The predicted octanol–water partition coefficient (Wildman–Crippen LogP) is 2.03. The summed E-state index contributed by atoms with van der Waals surface area (Å²) >= 11 is 0. The van der Waals surface area contributed by atoms with E-state index in [1.807, 2.05) is 18.5 Å². The van der Waals surface area contributed by atoms with E-state index in [4.69, 9.17) is 4.74 Å². The molecule has 2 aliphatic heterocycles. The summed E-state index contributed by atoms with van der Waals surface area (Å²) in [5.41, 5.74) is 0.937. The molecule has 0 spiro atoms. The monoisotopic (exact) mass is 437 g/mol. The molecule has 3 aliphatic rings. The summed E-state index contributed by atoms with van der Waals surface area (Å²) in [7, 11) is 0. The van der Waals surface area contributed by atoms with E-state index in [-0.39, 0.29) is 11.3 Å². The second-order valence-corrected chi connectivity index (χ2v) is 9.53. The van der Waals surface area contributed by atoms with Gasteiger partial charge in [0.25, 0.3) is 0 Å². The van der Waals surface area contributed by atoms with Crippen LogP contribution in [0.25, 0.3) is 0 Å². The Bertz CT molecular complexity index is 895. The third kappa shape index (κ3) is 4.47. The van der Waals surface area contributed by atoms with E-state index in [0.717, 1.165) is 77.4 Å². The van der Waals surface area contributed by atoms with Gasteiger partial charge in [0, 0.05) is 44.6 Å². The van der Waals surface area contributed by atoms with E-state index < -0.39 is 0 Å². The number of morpholine rings is 1. The minimum atomic E-state index is -0.294. The van der Waals surface area contributed by atoms with Crippen LogP contribution < -0.4 is 10.6 Å². The molecular weight excluding hydrogens is 402 g/mol. The van der Waals surface area contributed by atoms with E-state index in [9.17, 15) is 4.79 Å². The molecule has 1 aliphatic carbocycles. The zero-order valence-corrected chi connectivity index (χ0v) is 18.8. The van der Waals surface area contributed by atoms with Crippen molar-refractivity contribution in [3.8, 4) is 0 Å². The lowest BCUT2D eigenvalue weighted by Gasteiger charge is -2.50. The Labute approximate surface area is 190 Å². The number of hydrogen-bond donors (Lipinski definition) is 2. The number of hydrogen-bond acceptors (Lipinski definition) is 5. The largest absolute Gasteiger partial charge is 0.379 e. The fourth-order valence-electron chi connectivity index (χ4n) is 5.93. The average Bonchev–Trinajstić information content (AvgIpc) is 3.30. The summed E-state index contributed by atoms with van der Waals surface area (Å²) in [6.45, 7) is 6.77. The van der Waals surface area contributed by atoms with Crippen LogP contribution >= 0.6 is 0 Å². The molecule has 5 rings (SSSR count). The van der Waals surface area contributed by atoms with Crippen molar-refractivity contribution >= 4 is 5.91 Å². The Morgan fingerprint density at radius 1 is 1.22 bits per heavy atom. The van der Waals surface area contributed by atoms with Crippen LogP contribution in [-0.4, -0.2) is 65.8 Å². The molecule has 0 radical (unpaired) electrons. The van der Waals surface area contributed by atoms with Crippen molar-refractivity contribution in [3.05, 3.63) is 54.1 Å². The van der Waals surface area contributed by atoms with E-state index >= 15 is 0 Å². The minimum Gasteiger partial charge on any atom is -0.379 e. The lowest BCUT2D eigenvalue weighted by molar-refractivity contribution is -0.140. The third-order valence-electron chi connectivity index (χ3n) is 7.79. The molecule has 1 aromatic heterocycles. The minimum absolute atomic E-state index is 0.199. The van der Waals surface area contributed by atoms with Crippen molar-refractivity contribution < 1.29 is 9.53 Å². The van der Waals surface area contributed by atoms with Gasteiger partial charge in [0.2, 0.25) is 5.91 Å². The smallest absolute Gasteiger partial charge is 0.228 e. The maximum Gasteiger partial charge on any atom is 0.228 e. The summed E-state index contributed by atoms with van der Waals surface area (Å²) in [4.78, 5) is 20.7. The fraction of sp³-hybridized carbons (Fsp3) is 0.600. The van der Waals surface area contributed by atoms with Gasteiger partial charge in [-0.05, 0) is 43.7 Å². The van der Waals surface area contributed by atoms with Crippen molar-refractivity contribution in [1.82, 2.24) is 25.1 Å². The zero-order chi connectivity index (χ0) is 21.8. The Kier molecular flexibility index (Phi) is 6.57. The first-order chi connectivity index (χ1) is 15.7. The van der Waals surface area contributed by atoms with Gasteiger partial charge in [-0.3, -0.25) is 9.69 Å². The molecule has 2 saturated heterocycles. The van der Waals surface area contributed by atoms with Gasteiger partial charge in [0.1, 0.15) is 5.82 Å². The number of nitrogens with zero attached hydrogens (tertiary/aromatic N) is 3. The fourth-order valence-corrected chi connectivity index (χ4v) is 5.93. The second kappa shape index (κ2) is 9.73.